The molecule has 2 aromatic rings. The van der Waals surface area contributed by atoms with Gasteiger partial charge in [0.25, 0.3) is 0 Å². The smallest absolute Gasteiger partial charge is 0.334 e. The fourth-order valence-corrected chi connectivity index (χ4v) is 3.65. The molecule has 8 nitrogen and oxygen atoms in total. The summed E-state index contributed by atoms with van der Waals surface area (Å²) in [7, 11) is 0. The number of aliphatic hydroxyl groups excluding tert-OH is 1. The van der Waals surface area contributed by atoms with E-state index in [-0.39, 0.29) is 19.4 Å². The van der Waals surface area contributed by atoms with Crippen LogP contribution in [0.3, 0.4) is 0 Å². The predicted octanol–water partition coefficient (Wildman–Crippen LogP) is 1.60. The van der Waals surface area contributed by atoms with Gasteiger partial charge in [-0.25, -0.2) is 14.4 Å². The van der Waals surface area contributed by atoms with Gasteiger partial charge in [-0.1, -0.05) is 60.7 Å². The number of nitrogens with one attached hydrogen (secondary N) is 1. The third kappa shape index (κ3) is 5.57. The van der Waals surface area contributed by atoms with E-state index in [9.17, 15) is 24.6 Å². The van der Waals surface area contributed by atoms with Gasteiger partial charge in [0.2, 0.25) is 0 Å². The summed E-state index contributed by atoms with van der Waals surface area (Å²) in [4.78, 5) is 36.1. The fraction of sp³-hybridized carbons (Fsp3) is 0.318. The molecule has 0 saturated carbocycles. The van der Waals surface area contributed by atoms with E-state index in [1.54, 1.807) is 61.5 Å². The molecule has 0 radical (unpaired) electrons. The van der Waals surface area contributed by atoms with Crippen molar-refractivity contribution in [2.45, 2.75) is 37.3 Å². The van der Waals surface area contributed by atoms with E-state index in [4.69, 9.17) is 10.5 Å². The van der Waals surface area contributed by atoms with Gasteiger partial charge in [0.15, 0.2) is 6.10 Å². The Hall–Kier alpha value is -3.39. The molecule has 160 valence electrons. The number of ether oxygens (including phenoxy) is 1. The van der Waals surface area contributed by atoms with Gasteiger partial charge in [-0.05, 0) is 30.9 Å². The van der Waals surface area contributed by atoms with Crippen LogP contribution < -0.4 is 11.1 Å². The Morgan fingerprint density at radius 3 is 2.13 bits per heavy atom. The van der Waals surface area contributed by atoms with E-state index >= 15 is 0 Å². The number of rotatable bonds is 10. The van der Waals surface area contributed by atoms with Crippen molar-refractivity contribution in [1.82, 2.24) is 5.32 Å². The Morgan fingerprint density at radius 1 is 1.07 bits per heavy atom. The van der Waals surface area contributed by atoms with Crippen molar-refractivity contribution in [2.24, 2.45) is 5.73 Å². The van der Waals surface area contributed by atoms with E-state index in [1.165, 1.54) is 0 Å². The van der Waals surface area contributed by atoms with Crippen molar-refractivity contribution >= 4 is 18.0 Å². The summed E-state index contributed by atoms with van der Waals surface area (Å²) in [5.41, 5.74) is 5.16. The molecule has 0 heterocycles. The summed E-state index contributed by atoms with van der Waals surface area (Å²) in [6.07, 6.45) is -1.79. The number of esters is 1. The molecule has 0 aliphatic carbocycles. The predicted molar refractivity (Wildman–Crippen MR) is 110 cm³/mol. The average molecular weight is 414 g/mol. The first-order chi connectivity index (χ1) is 14.3. The highest BCUT2D eigenvalue weighted by atomic mass is 16.5. The van der Waals surface area contributed by atoms with Gasteiger partial charge in [-0.15, -0.1) is 0 Å². The molecule has 0 aliphatic heterocycles. The van der Waals surface area contributed by atoms with E-state index < -0.39 is 35.5 Å². The van der Waals surface area contributed by atoms with Gasteiger partial charge in [0.05, 0.1) is 6.61 Å². The van der Waals surface area contributed by atoms with Crippen LogP contribution in [0, 0.1) is 0 Å². The van der Waals surface area contributed by atoms with Gasteiger partial charge >= 0.3 is 18.0 Å². The number of carboxylic acid groups (broad SMARTS) is 1. The molecule has 0 aliphatic rings. The normalized spacial score (nSPS) is 14.7. The minimum absolute atomic E-state index is 0.0643. The average Bonchev–Trinajstić information content (AvgIpc) is 2.72. The van der Waals surface area contributed by atoms with Crippen LogP contribution in [-0.4, -0.2) is 46.9 Å². The van der Waals surface area contributed by atoms with Gasteiger partial charge in [0, 0.05) is 5.41 Å². The molecular formula is C22H26N2O6. The number of carboxylic acids is 1. The lowest BCUT2D eigenvalue weighted by Gasteiger charge is -2.40. The SMILES string of the molecule is CCOC(=O)C(O)CC(Cc1ccccc1)(c1ccccc1)C(NC(N)=O)C(=O)O. The minimum Gasteiger partial charge on any atom is -0.480 e. The standard InChI is InChI=1S/C22H26N2O6/c1-2-30-20(28)17(25)14-22(16-11-7-4-8-12-16,13-15-9-5-3-6-10-15)18(19(26)27)24-21(23)29/h3-12,17-18,25H,2,13-14H2,1H3,(H,26,27)(H3,23,24,29). The highest BCUT2D eigenvalue weighted by Gasteiger charge is 2.48. The van der Waals surface area contributed by atoms with E-state index in [2.05, 4.69) is 5.32 Å². The molecule has 30 heavy (non-hydrogen) atoms. The van der Waals surface area contributed by atoms with Crippen LogP contribution in [0.5, 0.6) is 0 Å². The van der Waals surface area contributed by atoms with Crippen LogP contribution in [0.15, 0.2) is 60.7 Å². The number of hydrogen-bond donors (Lipinski definition) is 4. The van der Waals surface area contributed by atoms with Crippen LogP contribution >= 0.6 is 0 Å². The molecular weight excluding hydrogens is 388 g/mol. The number of primary amides is 1. The van der Waals surface area contributed by atoms with Crippen molar-refractivity contribution in [3.8, 4) is 0 Å². The zero-order chi connectivity index (χ0) is 22.1. The number of nitrogens with two attached hydrogens (primary N) is 1. The van der Waals surface area contributed by atoms with Gasteiger partial charge in [-0.3, -0.25) is 0 Å². The molecule has 8 heteroatoms. The van der Waals surface area contributed by atoms with E-state index in [0.717, 1.165) is 5.56 Å². The molecule has 0 bridgehead atoms. The van der Waals surface area contributed by atoms with E-state index in [0.29, 0.717) is 5.56 Å². The number of aliphatic carboxylic acids is 1. The lowest BCUT2D eigenvalue weighted by atomic mass is 9.66. The summed E-state index contributed by atoms with van der Waals surface area (Å²) in [5, 5.41) is 22.9. The Bertz CT molecular complexity index is 858. The molecule has 0 fully saturated rings. The van der Waals surface area contributed by atoms with Gasteiger partial charge in [-0.2, -0.15) is 0 Å². The van der Waals surface area contributed by atoms with Gasteiger partial charge < -0.3 is 26.0 Å². The number of benzene rings is 2. The Balaban J connectivity index is 2.67. The summed E-state index contributed by atoms with van der Waals surface area (Å²) >= 11 is 0. The molecule has 3 atom stereocenters. The summed E-state index contributed by atoms with van der Waals surface area (Å²) in [6.45, 7) is 1.67. The number of aliphatic hydroxyl groups is 1. The second kappa shape index (κ2) is 10.4. The topological polar surface area (TPSA) is 139 Å². The Kier molecular flexibility index (Phi) is 7.94. The van der Waals surface area contributed by atoms with Crippen molar-refractivity contribution in [1.29, 1.82) is 0 Å². The van der Waals surface area contributed by atoms with Crippen LogP contribution in [-0.2, 0) is 26.2 Å². The Morgan fingerprint density at radius 2 is 1.63 bits per heavy atom. The Labute approximate surface area is 174 Å². The zero-order valence-electron chi connectivity index (χ0n) is 16.7. The number of carbonyl (C=O) groups excluding carboxylic acids is 2. The number of carbonyl (C=O) groups is 3. The lowest BCUT2D eigenvalue weighted by molar-refractivity contribution is -0.155. The maximum Gasteiger partial charge on any atom is 0.334 e. The zero-order valence-corrected chi connectivity index (χ0v) is 16.7. The molecule has 2 aromatic carbocycles. The largest absolute Gasteiger partial charge is 0.480 e. The second-order valence-electron chi connectivity index (χ2n) is 6.94. The highest BCUT2D eigenvalue weighted by molar-refractivity contribution is 5.84. The third-order valence-electron chi connectivity index (χ3n) is 4.91. The van der Waals surface area contributed by atoms with Crippen LogP contribution in [0.25, 0.3) is 0 Å². The number of amides is 2. The monoisotopic (exact) mass is 414 g/mol. The third-order valence-corrected chi connectivity index (χ3v) is 4.91. The highest BCUT2D eigenvalue weighted by Crippen LogP contribution is 2.37. The summed E-state index contributed by atoms with van der Waals surface area (Å²) < 4.78 is 4.91. The molecule has 5 N–H and O–H groups in total. The fourth-order valence-electron chi connectivity index (χ4n) is 3.65. The van der Waals surface area contributed by atoms with Crippen LogP contribution in [0.4, 0.5) is 4.79 Å². The van der Waals surface area contributed by atoms with Crippen molar-refractivity contribution in [2.75, 3.05) is 6.61 Å². The first-order valence-corrected chi connectivity index (χ1v) is 9.53. The molecule has 0 saturated heterocycles. The number of urea groups is 1. The molecule has 0 aromatic heterocycles. The minimum atomic E-state index is -1.61. The molecule has 3 unspecified atom stereocenters. The van der Waals surface area contributed by atoms with Gasteiger partial charge in [0.1, 0.15) is 6.04 Å². The van der Waals surface area contributed by atoms with Crippen molar-refractivity contribution < 1.29 is 29.3 Å². The summed E-state index contributed by atoms with van der Waals surface area (Å²) in [5.74, 6) is -2.21. The maximum absolute atomic E-state index is 12.3. The first kappa shape index (κ1) is 22.9. The first-order valence-electron chi connectivity index (χ1n) is 9.53. The molecule has 0 spiro atoms. The number of hydrogen-bond acceptors (Lipinski definition) is 5. The summed E-state index contributed by atoms with van der Waals surface area (Å²) in [6, 6.07) is 15.1. The molecule has 2 rings (SSSR count). The van der Waals surface area contributed by atoms with Crippen molar-refractivity contribution in [3.63, 3.8) is 0 Å². The quantitative estimate of drug-likeness (QED) is 0.436. The lowest BCUT2D eigenvalue weighted by Crippen LogP contribution is -2.59. The van der Waals surface area contributed by atoms with Crippen LogP contribution in [0.2, 0.25) is 0 Å². The maximum atomic E-state index is 12.3. The second-order valence-corrected chi connectivity index (χ2v) is 6.94. The molecule has 2 amide bonds. The van der Waals surface area contributed by atoms with E-state index in [1.807, 2.05) is 6.07 Å². The van der Waals surface area contributed by atoms with Crippen LogP contribution in [0.1, 0.15) is 24.5 Å². The van der Waals surface area contributed by atoms with Crippen molar-refractivity contribution in [3.05, 3.63) is 71.8 Å².